The molecule has 0 heterocycles. The molecule has 0 fully saturated rings. The zero-order valence-electron chi connectivity index (χ0n) is 10.2. The molecule has 0 saturated carbocycles. The lowest BCUT2D eigenvalue weighted by atomic mass is 10.1. The quantitative estimate of drug-likeness (QED) is 0.838. The van der Waals surface area contributed by atoms with E-state index in [-0.39, 0.29) is 11.6 Å². The average molecular weight is 363 g/mol. The zero-order chi connectivity index (χ0) is 14.7. The summed E-state index contributed by atoms with van der Waals surface area (Å²) in [6, 6.07) is 8.14. The Kier molecular flexibility index (Phi) is 4.96. The molecule has 106 valence electrons. The minimum atomic E-state index is -0.904. The molecular formula is C14H11BrClF2NO. The van der Waals surface area contributed by atoms with Crippen LogP contribution in [-0.2, 0) is 0 Å². The Bertz CT molecular complexity index is 601. The fourth-order valence-corrected chi connectivity index (χ4v) is 2.70. The van der Waals surface area contributed by atoms with Crippen molar-refractivity contribution in [3.8, 4) is 0 Å². The van der Waals surface area contributed by atoms with Crippen molar-refractivity contribution in [1.82, 2.24) is 0 Å². The summed E-state index contributed by atoms with van der Waals surface area (Å²) in [5.41, 5.74) is 0.926. The molecule has 6 heteroatoms. The third kappa shape index (κ3) is 3.69. The van der Waals surface area contributed by atoms with Crippen molar-refractivity contribution in [2.24, 2.45) is 0 Å². The molecule has 20 heavy (non-hydrogen) atoms. The van der Waals surface area contributed by atoms with E-state index in [2.05, 4.69) is 21.2 Å². The predicted molar refractivity (Wildman–Crippen MR) is 79.0 cm³/mol. The van der Waals surface area contributed by atoms with Gasteiger partial charge in [-0.1, -0.05) is 23.7 Å². The highest BCUT2D eigenvalue weighted by Gasteiger charge is 2.12. The third-order valence-corrected chi connectivity index (χ3v) is 3.64. The summed E-state index contributed by atoms with van der Waals surface area (Å²) in [6.07, 6.45) is -0.904. The normalized spacial score (nSPS) is 12.2. The molecule has 1 unspecified atom stereocenters. The molecule has 0 aliphatic heterocycles. The molecule has 0 aliphatic rings. The molecule has 0 saturated heterocycles. The van der Waals surface area contributed by atoms with Crippen molar-refractivity contribution < 1.29 is 13.9 Å². The van der Waals surface area contributed by atoms with E-state index in [4.69, 9.17) is 11.6 Å². The maximum Gasteiger partial charge on any atom is 0.125 e. The van der Waals surface area contributed by atoms with Crippen molar-refractivity contribution in [1.29, 1.82) is 0 Å². The summed E-state index contributed by atoms with van der Waals surface area (Å²) in [7, 11) is 0. The molecule has 2 aromatic rings. The van der Waals surface area contributed by atoms with Crippen LogP contribution in [0.1, 0.15) is 11.7 Å². The molecule has 2 aromatic carbocycles. The minimum absolute atomic E-state index is 0.118. The van der Waals surface area contributed by atoms with Crippen LogP contribution in [0.3, 0.4) is 0 Å². The van der Waals surface area contributed by atoms with E-state index in [9.17, 15) is 13.9 Å². The Morgan fingerprint density at radius 2 is 1.95 bits per heavy atom. The molecule has 2 rings (SSSR count). The van der Waals surface area contributed by atoms with E-state index in [1.54, 1.807) is 6.07 Å². The second-order valence-electron chi connectivity index (χ2n) is 4.20. The van der Waals surface area contributed by atoms with Crippen LogP contribution >= 0.6 is 27.5 Å². The summed E-state index contributed by atoms with van der Waals surface area (Å²) in [6.45, 7) is 0.118. The summed E-state index contributed by atoms with van der Waals surface area (Å²) in [5.74, 6) is -0.874. The van der Waals surface area contributed by atoms with Crippen molar-refractivity contribution in [3.05, 3.63) is 63.1 Å². The van der Waals surface area contributed by atoms with Gasteiger partial charge in [0.05, 0.1) is 16.8 Å². The molecular weight excluding hydrogens is 352 g/mol. The number of anilines is 1. The van der Waals surface area contributed by atoms with E-state index < -0.39 is 17.7 Å². The first-order valence-electron chi connectivity index (χ1n) is 5.79. The molecule has 0 radical (unpaired) electrons. The van der Waals surface area contributed by atoms with Crippen LogP contribution in [0.5, 0.6) is 0 Å². The van der Waals surface area contributed by atoms with Gasteiger partial charge in [-0.05, 0) is 45.8 Å². The van der Waals surface area contributed by atoms with E-state index in [0.29, 0.717) is 15.7 Å². The number of halogens is 4. The molecule has 2 nitrogen and oxygen atoms in total. The smallest absolute Gasteiger partial charge is 0.125 e. The van der Waals surface area contributed by atoms with Gasteiger partial charge in [0.25, 0.3) is 0 Å². The lowest BCUT2D eigenvalue weighted by Crippen LogP contribution is -2.13. The lowest BCUT2D eigenvalue weighted by Gasteiger charge is -2.15. The largest absolute Gasteiger partial charge is 0.387 e. The van der Waals surface area contributed by atoms with E-state index in [1.165, 1.54) is 30.3 Å². The van der Waals surface area contributed by atoms with E-state index in [1.807, 2.05) is 0 Å². The molecule has 0 amide bonds. The predicted octanol–water partition coefficient (Wildman–Crippen LogP) is 4.53. The van der Waals surface area contributed by atoms with Gasteiger partial charge in [-0.2, -0.15) is 0 Å². The van der Waals surface area contributed by atoms with E-state index >= 15 is 0 Å². The highest BCUT2D eigenvalue weighted by molar-refractivity contribution is 9.10. The summed E-state index contributed by atoms with van der Waals surface area (Å²) in [5, 5.41) is 13.1. The number of aliphatic hydroxyl groups is 1. The van der Waals surface area contributed by atoms with Crippen molar-refractivity contribution in [2.75, 3.05) is 11.9 Å². The first kappa shape index (κ1) is 15.2. The Hall–Kier alpha value is -1.17. The van der Waals surface area contributed by atoms with Gasteiger partial charge in [0.15, 0.2) is 0 Å². The zero-order valence-corrected chi connectivity index (χ0v) is 12.5. The van der Waals surface area contributed by atoms with Gasteiger partial charge < -0.3 is 10.4 Å². The van der Waals surface area contributed by atoms with Crippen LogP contribution in [0.15, 0.2) is 40.9 Å². The average Bonchev–Trinajstić information content (AvgIpc) is 2.37. The van der Waals surface area contributed by atoms with Crippen LogP contribution in [-0.4, -0.2) is 11.7 Å². The number of nitrogens with one attached hydrogen (secondary N) is 1. The Balaban J connectivity index is 2.09. The minimum Gasteiger partial charge on any atom is -0.387 e. The van der Waals surface area contributed by atoms with Gasteiger partial charge in [-0.25, -0.2) is 8.78 Å². The molecule has 0 aromatic heterocycles. The highest BCUT2D eigenvalue weighted by atomic mass is 79.9. The molecule has 1 atom stereocenters. The Morgan fingerprint density at radius 3 is 2.60 bits per heavy atom. The SMILES string of the molecule is OC(CNc1c(Cl)cc(F)cc1Br)c1cccc(F)c1. The van der Waals surface area contributed by atoms with Gasteiger partial charge in [-0.15, -0.1) is 0 Å². The first-order valence-corrected chi connectivity index (χ1v) is 6.96. The van der Waals surface area contributed by atoms with Gasteiger partial charge in [0.1, 0.15) is 11.6 Å². The topological polar surface area (TPSA) is 32.3 Å². The van der Waals surface area contributed by atoms with Crippen molar-refractivity contribution >= 4 is 33.2 Å². The Labute approximate surface area is 128 Å². The first-order chi connectivity index (χ1) is 9.47. The number of rotatable bonds is 4. The van der Waals surface area contributed by atoms with Gasteiger partial charge in [0.2, 0.25) is 0 Å². The monoisotopic (exact) mass is 361 g/mol. The Morgan fingerprint density at radius 1 is 1.20 bits per heavy atom. The van der Waals surface area contributed by atoms with Crippen LogP contribution in [0.25, 0.3) is 0 Å². The lowest BCUT2D eigenvalue weighted by molar-refractivity contribution is 0.191. The van der Waals surface area contributed by atoms with Crippen LogP contribution < -0.4 is 5.32 Å². The maximum atomic E-state index is 13.1. The second-order valence-corrected chi connectivity index (χ2v) is 5.46. The fraction of sp³-hybridized carbons (Fsp3) is 0.143. The third-order valence-electron chi connectivity index (χ3n) is 2.71. The highest BCUT2D eigenvalue weighted by Crippen LogP contribution is 2.32. The van der Waals surface area contributed by atoms with Crippen LogP contribution in [0.4, 0.5) is 14.5 Å². The summed E-state index contributed by atoms with van der Waals surface area (Å²) >= 11 is 9.10. The number of hydrogen-bond donors (Lipinski definition) is 2. The maximum absolute atomic E-state index is 13.1. The molecule has 0 spiro atoms. The fourth-order valence-electron chi connectivity index (χ4n) is 1.74. The summed E-state index contributed by atoms with van der Waals surface area (Å²) < 4.78 is 26.6. The van der Waals surface area contributed by atoms with E-state index in [0.717, 1.165) is 0 Å². The van der Waals surface area contributed by atoms with Crippen LogP contribution in [0, 0.1) is 11.6 Å². The number of benzene rings is 2. The molecule has 2 N–H and O–H groups in total. The second kappa shape index (κ2) is 6.52. The number of hydrogen-bond acceptors (Lipinski definition) is 2. The summed E-state index contributed by atoms with van der Waals surface area (Å²) in [4.78, 5) is 0. The van der Waals surface area contributed by atoms with Crippen molar-refractivity contribution in [3.63, 3.8) is 0 Å². The van der Waals surface area contributed by atoms with Crippen LogP contribution in [0.2, 0.25) is 5.02 Å². The molecule has 0 bridgehead atoms. The number of aliphatic hydroxyl groups excluding tert-OH is 1. The molecule has 0 aliphatic carbocycles. The van der Waals surface area contributed by atoms with Gasteiger partial charge in [-0.3, -0.25) is 0 Å². The van der Waals surface area contributed by atoms with Crippen molar-refractivity contribution in [2.45, 2.75) is 6.10 Å². The van der Waals surface area contributed by atoms with Gasteiger partial charge >= 0.3 is 0 Å². The van der Waals surface area contributed by atoms with Gasteiger partial charge in [0, 0.05) is 11.0 Å². The standard InChI is InChI=1S/C14H11BrClF2NO/c15-11-5-10(18)6-12(16)14(11)19-7-13(20)8-2-1-3-9(17)4-8/h1-6,13,19-20H,7H2.